The minimum Gasteiger partial charge on any atom is -0.392 e. The van der Waals surface area contributed by atoms with Gasteiger partial charge >= 0.3 is 0 Å². The number of rotatable bonds is 5. The van der Waals surface area contributed by atoms with Crippen molar-refractivity contribution in [3.05, 3.63) is 48.0 Å². The van der Waals surface area contributed by atoms with Crippen molar-refractivity contribution in [2.75, 3.05) is 13.2 Å². The van der Waals surface area contributed by atoms with Crippen LogP contribution in [0.2, 0.25) is 0 Å². The first-order valence-corrected chi connectivity index (χ1v) is 4.31. The Labute approximate surface area is 78.5 Å². The molecule has 1 N–H and O–H groups in total. The van der Waals surface area contributed by atoms with Gasteiger partial charge < -0.3 is 9.84 Å². The first kappa shape index (κ1) is 9.96. The van der Waals surface area contributed by atoms with Crippen LogP contribution in [0.25, 0.3) is 0 Å². The Morgan fingerprint density at radius 1 is 1.15 bits per heavy atom. The number of aliphatic hydroxyl groups is 1. The van der Waals surface area contributed by atoms with Crippen molar-refractivity contribution >= 4 is 0 Å². The molecule has 1 aromatic rings. The maximum absolute atomic E-state index is 8.44. The topological polar surface area (TPSA) is 29.5 Å². The molecule has 0 aliphatic rings. The molecule has 0 unspecified atom stereocenters. The molecule has 0 aliphatic heterocycles. The van der Waals surface area contributed by atoms with Crippen molar-refractivity contribution in [2.45, 2.75) is 6.61 Å². The standard InChI is InChI=1S/C11H14O2/c12-8-4-5-9-13-10-11-6-2-1-3-7-11/h1-7,12H,8-10H2. The number of hydrogen-bond acceptors (Lipinski definition) is 2. The zero-order valence-electron chi connectivity index (χ0n) is 7.52. The number of ether oxygens (including phenoxy) is 1. The summed E-state index contributed by atoms with van der Waals surface area (Å²) in [5, 5.41) is 8.44. The van der Waals surface area contributed by atoms with Gasteiger partial charge in [0.25, 0.3) is 0 Å². The smallest absolute Gasteiger partial charge is 0.0721 e. The van der Waals surface area contributed by atoms with Gasteiger partial charge in [0, 0.05) is 0 Å². The summed E-state index contributed by atoms with van der Waals surface area (Å²) in [5.74, 6) is 0. The third kappa shape index (κ3) is 4.45. The largest absolute Gasteiger partial charge is 0.392 e. The maximum Gasteiger partial charge on any atom is 0.0721 e. The van der Waals surface area contributed by atoms with E-state index in [9.17, 15) is 0 Å². The Kier molecular flexibility index (Phi) is 4.91. The van der Waals surface area contributed by atoms with Crippen molar-refractivity contribution in [3.8, 4) is 0 Å². The van der Waals surface area contributed by atoms with E-state index in [2.05, 4.69) is 0 Å². The van der Waals surface area contributed by atoms with E-state index in [1.807, 2.05) is 36.4 Å². The Morgan fingerprint density at radius 3 is 2.62 bits per heavy atom. The highest BCUT2D eigenvalue weighted by molar-refractivity contribution is 5.13. The molecule has 0 saturated carbocycles. The van der Waals surface area contributed by atoms with Crippen molar-refractivity contribution in [1.29, 1.82) is 0 Å². The van der Waals surface area contributed by atoms with E-state index in [1.54, 1.807) is 6.08 Å². The van der Waals surface area contributed by atoms with Crippen LogP contribution in [-0.4, -0.2) is 18.3 Å². The van der Waals surface area contributed by atoms with E-state index in [-0.39, 0.29) is 6.61 Å². The van der Waals surface area contributed by atoms with Crippen LogP contribution in [0.4, 0.5) is 0 Å². The summed E-state index contributed by atoms with van der Waals surface area (Å²) in [5.41, 5.74) is 1.17. The highest BCUT2D eigenvalue weighted by atomic mass is 16.5. The molecule has 0 radical (unpaired) electrons. The van der Waals surface area contributed by atoms with Crippen LogP contribution >= 0.6 is 0 Å². The summed E-state index contributed by atoms with van der Waals surface area (Å²) in [6.45, 7) is 1.25. The van der Waals surface area contributed by atoms with E-state index < -0.39 is 0 Å². The molecule has 13 heavy (non-hydrogen) atoms. The average Bonchev–Trinajstić information content (AvgIpc) is 2.19. The van der Waals surface area contributed by atoms with E-state index in [0.29, 0.717) is 13.2 Å². The minimum absolute atomic E-state index is 0.0781. The SMILES string of the molecule is OCC=CCOCc1ccccc1. The van der Waals surface area contributed by atoms with Crippen LogP contribution in [0.15, 0.2) is 42.5 Å². The molecule has 1 aromatic carbocycles. The molecule has 0 atom stereocenters. The molecule has 0 aromatic heterocycles. The second-order valence-electron chi connectivity index (χ2n) is 2.65. The maximum atomic E-state index is 8.44. The molecular weight excluding hydrogens is 164 g/mol. The lowest BCUT2D eigenvalue weighted by Crippen LogP contribution is -1.92. The third-order valence-corrected chi connectivity index (χ3v) is 1.60. The Bertz CT molecular complexity index is 242. The molecule has 0 fully saturated rings. The highest BCUT2D eigenvalue weighted by Gasteiger charge is 1.88. The first-order chi connectivity index (χ1) is 6.43. The number of hydrogen-bond donors (Lipinski definition) is 1. The predicted octanol–water partition coefficient (Wildman–Crippen LogP) is 1.75. The molecule has 0 saturated heterocycles. The number of benzene rings is 1. The van der Waals surface area contributed by atoms with E-state index in [1.165, 1.54) is 5.56 Å². The molecule has 70 valence electrons. The van der Waals surface area contributed by atoms with Crippen molar-refractivity contribution in [3.63, 3.8) is 0 Å². The normalized spacial score (nSPS) is 10.8. The third-order valence-electron chi connectivity index (χ3n) is 1.60. The molecule has 0 heterocycles. The van der Waals surface area contributed by atoms with Crippen LogP contribution in [0.1, 0.15) is 5.56 Å². The molecule has 2 heteroatoms. The lowest BCUT2D eigenvalue weighted by atomic mass is 10.2. The van der Waals surface area contributed by atoms with Gasteiger partial charge in [0.1, 0.15) is 0 Å². The van der Waals surface area contributed by atoms with Gasteiger partial charge in [-0.15, -0.1) is 0 Å². The minimum atomic E-state index is 0.0781. The average molecular weight is 178 g/mol. The molecule has 2 nitrogen and oxygen atoms in total. The fraction of sp³-hybridized carbons (Fsp3) is 0.273. The van der Waals surface area contributed by atoms with Gasteiger partial charge in [0.2, 0.25) is 0 Å². The van der Waals surface area contributed by atoms with Gasteiger partial charge in [-0.1, -0.05) is 42.5 Å². The molecule has 1 rings (SSSR count). The van der Waals surface area contributed by atoms with Gasteiger partial charge in [-0.2, -0.15) is 0 Å². The first-order valence-electron chi connectivity index (χ1n) is 4.31. The van der Waals surface area contributed by atoms with E-state index in [0.717, 1.165) is 0 Å². The van der Waals surface area contributed by atoms with E-state index in [4.69, 9.17) is 9.84 Å². The van der Waals surface area contributed by atoms with Crippen LogP contribution in [-0.2, 0) is 11.3 Å². The lowest BCUT2D eigenvalue weighted by Gasteiger charge is -2.00. The summed E-state index contributed by atoms with van der Waals surface area (Å²) in [6, 6.07) is 10.0. The molecule has 0 amide bonds. The van der Waals surface area contributed by atoms with Crippen molar-refractivity contribution < 1.29 is 9.84 Å². The Balaban J connectivity index is 2.17. The van der Waals surface area contributed by atoms with Crippen molar-refractivity contribution in [2.24, 2.45) is 0 Å². The molecule has 0 bridgehead atoms. The predicted molar refractivity (Wildman–Crippen MR) is 52.3 cm³/mol. The summed E-state index contributed by atoms with van der Waals surface area (Å²) in [6.07, 6.45) is 3.48. The summed E-state index contributed by atoms with van der Waals surface area (Å²) in [4.78, 5) is 0. The summed E-state index contributed by atoms with van der Waals surface area (Å²) < 4.78 is 5.32. The van der Waals surface area contributed by atoms with Gasteiger partial charge in [-0.25, -0.2) is 0 Å². The second-order valence-corrected chi connectivity index (χ2v) is 2.65. The molecule has 0 aliphatic carbocycles. The fourth-order valence-electron chi connectivity index (χ4n) is 0.962. The van der Waals surface area contributed by atoms with Crippen LogP contribution < -0.4 is 0 Å². The summed E-state index contributed by atoms with van der Waals surface area (Å²) >= 11 is 0. The quantitative estimate of drug-likeness (QED) is 0.550. The van der Waals surface area contributed by atoms with Crippen LogP contribution in [0.5, 0.6) is 0 Å². The Hall–Kier alpha value is -1.12. The fourth-order valence-corrected chi connectivity index (χ4v) is 0.962. The van der Waals surface area contributed by atoms with E-state index >= 15 is 0 Å². The monoisotopic (exact) mass is 178 g/mol. The van der Waals surface area contributed by atoms with Crippen molar-refractivity contribution in [1.82, 2.24) is 0 Å². The second kappa shape index (κ2) is 6.40. The summed E-state index contributed by atoms with van der Waals surface area (Å²) in [7, 11) is 0. The highest BCUT2D eigenvalue weighted by Crippen LogP contribution is 1.99. The zero-order chi connectivity index (χ0) is 9.36. The number of aliphatic hydroxyl groups excluding tert-OH is 1. The Morgan fingerprint density at radius 2 is 1.92 bits per heavy atom. The van der Waals surface area contributed by atoms with Gasteiger partial charge in [-0.05, 0) is 5.56 Å². The molecular formula is C11H14O2. The van der Waals surface area contributed by atoms with Crippen LogP contribution in [0, 0.1) is 0 Å². The zero-order valence-corrected chi connectivity index (χ0v) is 7.52. The van der Waals surface area contributed by atoms with Gasteiger partial charge in [0.15, 0.2) is 0 Å². The van der Waals surface area contributed by atoms with Crippen LogP contribution in [0.3, 0.4) is 0 Å². The van der Waals surface area contributed by atoms with Gasteiger partial charge in [-0.3, -0.25) is 0 Å². The lowest BCUT2D eigenvalue weighted by molar-refractivity contribution is 0.148. The molecule has 0 spiro atoms. The van der Waals surface area contributed by atoms with Gasteiger partial charge in [0.05, 0.1) is 19.8 Å².